The van der Waals surface area contributed by atoms with E-state index in [2.05, 4.69) is 26.3 Å². The van der Waals surface area contributed by atoms with E-state index >= 15 is 0 Å². The molecule has 0 aliphatic rings. The number of amides is 1. The van der Waals surface area contributed by atoms with E-state index in [-0.39, 0.29) is 5.91 Å². The van der Waals surface area contributed by atoms with Crippen molar-refractivity contribution in [3.05, 3.63) is 109 Å². The molecule has 4 aromatic rings. The zero-order chi connectivity index (χ0) is 23.4. The molecule has 3 aromatic carbocycles. The van der Waals surface area contributed by atoms with Crippen LogP contribution in [0.25, 0.3) is 0 Å². The van der Waals surface area contributed by atoms with E-state index in [0.717, 1.165) is 11.1 Å². The molecule has 0 saturated heterocycles. The number of aromatic nitrogens is 2. The number of carbonyl (C=O) groups excluding carboxylic acids is 1. The van der Waals surface area contributed by atoms with Gasteiger partial charge in [0.05, 0.1) is 16.0 Å². The molecule has 0 atom stereocenters. The van der Waals surface area contributed by atoms with E-state index in [0.29, 0.717) is 49.8 Å². The zero-order valence-corrected chi connectivity index (χ0v) is 20.9. The highest BCUT2D eigenvalue weighted by Gasteiger charge is 2.13. The minimum absolute atomic E-state index is 0.271. The lowest BCUT2D eigenvalue weighted by Gasteiger charge is -2.09. The number of nitrogens with one attached hydrogen (secondary N) is 1. The molecule has 0 fully saturated rings. The van der Waals surface area contributed by atoms with Crippen LogP contribution in [0.4, 0.5) is 5.82 Å². The second-order valence-electron chi connectivity index (χ2n) is 7.13. The van der Waals surface area contributed by atoms with Gasteiger partial charge in [0, 0.05) is 21.8 Å². The molecule has 0 saturated carbocycles. The molecular formula is C24H17BrCl3N3O2. The van der Waals surface area contributed by atoms with Crippen LogP contribution < -0.4 is 10.1 Å². The minimum atomic E-state index is -0.271. The van der Waals surface area contributed by atoms with Crippen molar-refractivity contribution >= 4 is 62.5 Å². The summed E-state index contributed by atoms with van der Waals surface area (Å²) in [7, 11) is 0. The summed E-state index contributed by atoms with van der Waals surface area (Å²) < 4.78 is 8.12. The maximum atomic E-state index is 12.7. The van der Waals surface area contributed by atoms with Gasteiger partial charge in [-0.1, -0.05) is 65.1 Å². The first kappa shape index (κ1) is 23.6. The average Bonchev–Trinajstić information content (AvgIpc) is 3.13. The lowest BCUT2D eigenvalue weighted by molar-refractivity contribution is 0.102. The van der Waals surface area contributed by atoms with Gasteiger partial charge in [-0.3, -0.25) is 9.48 Å². The first-order valence-corrected chi connectivity index (χ1v) is 11.8. The minimum Gasteiger partial charge on any atom is -0.487 e. The molecule has 168 valence electrons. The molecule has 0 aliphatic carbocycles. The Morgan fingerprint density at radius 1 is 1.00 bits per heavy atom. The molecule has 0 aliphatic heterocycles. The van der Waals surface area contributed by atoms with Crippen LogP contribution in [0.3, 0.4) is 0 Å². The van der Waals surface area contributed by atoms with Crippen LogP contribution in [0.5, 0.6) is 5.75 Å². The van der Waals surface area contributed by atoms with Gasteiger partial charge in [-0.15, -0.1) is 0 Å². The molecular weight excluding hydrogens is 549 g/mol. The third-order valence-corrected chi connectivity index (χ3v) is 6.22. The molecule has 4 rings (SSSR count). The molecule has 5 nitrogen and oxygen atoms in total. The van der Waals surface area contributed by atoms with Gasteiger partial charge in [-0.2, -0.15) is 5.10 Å². The monoisotopic (exact) mass is 563 g/mol. The van der Waals surface area contributed by atoms with E-state index in [4.69, 9.17) is 39.5 Å². The van der Waals surface area contributed by atoms with Crippen LogP contribution in [0.15, 0.2) is 77.4 Å². The van der Waals surface area contributed by atoms with Gasteiger partial charge in [-0.05, 0) is 63.5 Å². The van der Waals surface area contributed by atoms with Gasteiger partial charge in [0.2, 0.25) is 0 Å². The Labute approximate surface area is 214 Å². The predicted molar refractivity (Wildman–Crippen MR) is 136 cm³/mol. The van der Waals surface area contributed by atoms with Crippen molar-refractivity contribution in [1.29, 1.82) is 0 Å². The summed E-state index contributed by atoms with van der Waals surface area (Å²) in [5.41, 5.74) is 2.32. The first-order valence-electron chi connectivity index (χ1n) is 9.83. The molecule has 1 amide bonds. The highest BCUT2D eigenvalue weighted by molar-refractivity contribution is 9.10. The van der Waals surface area contributed by atoms with Gasteiger partial charge in [0.15, 0.2) is 5.82 Å². The van der Waals surface area contributed by atoms with Gasteiger partial charge in [-0.25, -0.2) is 0 Å². The third kappa shape index (κ3) is 6.09. The van der Waals surface area contributed by atoms with E-state index in [1.54, 1.807) is 41.2 Å². The topological polar surface area (TPSA) is 56.2 Å². The highest BCUT2D eigenvalue weighted by Crippen LogP contribution is 2.28. The number of ether oxygens (including phenoxy) is 1. The molecule has 1 aromatic heterocycles. The molecule has 0 unspecified atom stereocenters. The van der Waals surface area contributed by atoms with E-state index in [1.165, 1.54) is 0 Å². The van der Waals surface area contributed by atoms with E-state index in [1.807, 2.05) is 36.4 Å². The van der Waals surface area contributed by atoms with Crippen molar-refractivity contribution in [3.63, 3.8) is 0 Å². The van der Waals surface area contributed by atoms with Crippen molar-refractivity contribution in [2.24, 2.45) is 0 Å². The number of benzene rings is 3. The fourth-order valence-electron chi connectivity index (χ4n) is 3.05. The summed E-state index contributed by atoms with van der Waals surface area (Å²) in [4.78, 5) is 12.7. The SMILES string of the molecule is O=C(Nc1nn(Cc2ccccc2Cl)cc1Br)c1ccc(COc2ccc(Cl)cc2Cl)cc1. The van der Waals surface area contributed by atoms with Crippen molar-refractivity contribution in [3.8, 4) is 5.75 Å². The standard InChI is InChI=1S/C24H17BrCl3N3O2/c25-19-13-31(12-17-3-1-2-4-20(17)27)30-23(19)29-24(32)16-7-5-15(6-8-16)14-33-22-10-9-18(26)11-21(22)28/h1-11,13H,12,14H2,(H,29,30,32). The Balaban J connectivity index is 1.37. The maximum Gasteiger partial charge on any atom is 0.256 e. The Hall–Kier alpha value is -2.51. The summed E-state index contributed by atoms with van der Waals surface area (Å²) in [6, 6.07) is 19.7. The van der Waals surface area contributed by atoms with E-state index in [9.17, 15) is 4.79 Å². The number of anilines is 1. The number of hydrogen-bond acceptors (Lipinski definition) is 3. The molecule has 0 bridgehead atoms. The zero-order valence-electron chi connectivity index (χ0n) is 17.1. The summed E-state index contributed by atoms with van der Waals surface area (Å²) in [6.07, 6.45) is 1.79. The van der Waals surface area contributed by atoms with Gasteiger partial charge < -0.3 is 10.1 Å². The average molecular weight is 566 g/mol. The van der Waals surface area contributed by atoms with Crippen molar-refractivity contribution in [1.82, 2.24) is 9.78 Å². The number of nitrogens with zero attached hydrogens (tertiary/aromatic N) is 2. The van der Waals surface area contributed by atoms with Crippen LogP contribution in [-0.4, -0.2) is 15.7 Å². The first-order chi connectivity index (χ1) is 15.9. The molecule has 0 radical (unpaired) electrons. The molecule has 1 N–H and O–H groups in total. The number of halogens is 4. The smallest absolute Gasteiger partial charge is 0.256 e. The van der Waals surface area contributed by atoms with E-state index < -0.39 is 0 Å². The van der Waals surface area contributed by atoms with Gasteiger partial charge >= 0.3 is 0 Å². The third-order valence-electron chi connectivity index (χ3n) is 4.74. The Bertz CT molecular complexity index is 1290. The van der Waals surface area contributed by atoms with Crippen molar-refractivity contribution in [2.75, 3.05) is 5.32 Å². The van der Waals surface area contributed by atoms with Crippen LogP contribution >= 0.6 is 50.7 Å². The van der Waals surface area contributed by atoms with Crippen LogP contribution in [0.2, 0.25) is 15.1 Å². The molecule has 1 heterocycles. The van der Waals surface area contributed by atoms with Crippen LogP contribution in [-0.2, 0) is 13.2 Å². The van der Waals surface area contributed by atoms with Crippen LogP contribution in [0, 0.1) is 0 Å². The quantitative estimate of drug-likeness (QED) is 0.253. The lowest BCUT2D eigenvalue weighted by atomic mass is 10.1. The number of carbonyl (C=O) groups is 1. The molecule has 0 spiro atoms. The fraction of sp³-hybridized carbons (Fsp3) is 0.0833. The normalized spacial score (nSPS) is 10.8. The summed E-state index contributed by atoms with van der Waals surface area (Å²) in [5, 5.41) is 8.92. The second-order valence-corrected chi connectivity index (χ2v) is 9.23. The summed E-state index contributed by atoms with van der Waals surface area (Å²) in [5.74, 6) is 0.698. The maximum absolute atomic E-state index is 12.7. The largest absolute Gasteiger partial charge is 0.487 e. The van der Waals surface area contributed by atoms with Crippen molar-refractivity contribution < 1.29 is 9.53 Å². The Morgan fingerprint density at radius 3 is 2.48 bits per heavy atom. The van der Waals surface area contributed by atoms with Crippen LogP contribution in [0.1, 0.15) is 21.5 Å². The Morgan fingerprint density at radius 2 is 1.76 bits per heavy atom. The van der Waals surface area contributed by atoms with Gasteiger partial charge in [0.25, 0.3) is 5.91 Å². The molecule has 9 heteroatoms. The van der Waals surface area contributed by atoms with Crippen molar-refractivity contribution in [2.45, 2.75) is 13.2 Å². The van der Waals surface area contributed by atoms with Gasteiger partial charge in [0.1, 0.15) is 12.4 Å². The number of hydrogen-bond donors (Lipinski definition) is 1. The lowest BCUT2D eigenvalue weighted by Crippen LogP contribution is -2.13. The summed E-state index contributed by atoms with van der Waals surface area (Å²) >= 11 is 21.7. The second kappa shape index (κ2) is 10.6. The summed E-state index contributed by atoms with van der Waals surface area (Å²) in [6.45, 7) is 0.793. The number of rotatable bonds is 7. The molecule has 33 heavy (non-hydrogen) atoms. The fourth-order valence-corrected chi connectivity index (χ4v) is 4.12. The predicted octanol–water partition coefficient (Wildman–Crippen LogP) is 7.49. The highest BCUT2D eigenvalue weighted by atomic mass is 79.9. The Kier molecular flexibility index (Phi) is 7.60.